The molecule has 2 unspecified atom stereocenters. The predicted molar refractivity (Wildman–Crippen MR) is 86.4 cm³/mol. The van der Waals surface area contributed by atoms with Crippen LogP contribution in [0.3, 0.4) is 0 Å². The van der Waals surface area contributed by atoms with E-state index in [1.165, 1.54) is 11.8 Å². The molecule has 0 radical (unpaired) electrons. The van der Waals surface area contributed by atoms with Crippen LogP contribution < -0.4 is 10.1 Å². The van der Waals surface area contributed by atoms with Crippen LogP contribution in [-0.4, -0.2) is 45.6 Å². The fourth-order valence-electron chi connectivity index (χ4n) is 1.97. The summed E-state index contributed by atoms with van der Waals surface area (Å²) >= 11 is 1.67. The zero-order chi connectivity index (χ0) is 15.2. The maximum absolute atomic E-state index is 11.1. The first kappa shape index (κ1) is 17.3. The molecule has 0 bridgehead atoms. The van der Waals surface area contributed by atoms with Crippen molar-refractivity contribution >= 4 is 21.6 Å². The van der Waals surface area contributed by atoms with Gasteiger partial charge >= 0.3 is 0 Å². The van der Waals surface area contributed by atoms with E-state index in [1.807, 2.05) is 31.3 Å². The molecular formula is C14H23NO3S2. The van der Waals surface area contributed by atoms with Gasteiger partial charge in [0.05, 0.1) is 12.9 Å². The van der Waals surface area contributed by atoms with E-state index in [0.29, 0.717) is 5.75 Å². The number of sulfone groups is 1. The third-order valence-corrected chi connectivity index (χ3v) is 5.53. The van der Waals surface area contributed by atoms with Crippen molar-refractivity contribution in [1.82, 2.24) is 5.32 Å². The fraction of sp³-hybridized carbons (Fsp3) is 0.571. The maximum Gasteiger partial charge on any atom is 0.148 e. The largest absolute Gasteiger partial charge is 0.497 e. The number of thioether (sulfide) groups is 1. The van der Waals surface area contributed by atoms with Gasteiger partial charge in [0.25, 0.3) is 0 Å². The molecule has 0 amide bonds. The molecule has 0 aliphatic rings. The second-order valence-corrected chi connectivity index (χ2v) is 8.49. The average molecular weight is 317 g/mol. The van der Waals surface area contributed by atoms with Gasteiger partial charge < -0.3 is 10.1 Å². The minimum atomic E-state index is -2.88. The Balaban J connectivity index is 2.64. The van der Waals surface area contributed by atoms with Crippen molar-refractivity contribution in [2.45, 2.75) is 18.2 Å². The van der Waals surface area contributed by atoms with Crippen LogP contribution in [0.2, 0.25) is 0 Å². The van der Waals surface area contributed by atoms with Gasteiger partial charge in [0.2, 0.25) is 0 Å². The number of rotatable bonds is 8. The summed E-state index contributed by atoms with van der Waals surface area (Å²) < 4.78 is 27.5. The molecule has 0 fully saturated rings. The highest BCUT2D eigenvalue weighted by Crippen LogP contribution is 2.27. The zero-order valence-electron chi connectivity index (χ0n) is 12.4. The van der Waals surface area contributed by atoms with Crippen LogP contribution in [0.5, 0.6) is 5.75 Å². The van der Waals surface area contributed by atoms with Gasteiger partial charge in [-0.25, -0.2) is 8.42 Å². The SMILES string of the molecule is CNC(c1ccc(OC)cc1)C(C)SCCS(C)(=O)=O. The van der Waals surface area contributed by atoms with E-state index in [0.717, 1.165) is 5.75 Å². The summed E-state index contributed by atoms with van der Waals surface area (Å²) in [5.41, 5.74) is 1.17. The molecule has 0 aromatic heterocycles. The molecule has 1 aromatic carbocycles. The van der Waals surface area contributed by atoms with Gasteiger partial charge in [-0.3, -0.25) is 0 Å². The number of hydrogen-bond donors (Lipinski definition) is 1. The quantitative estimate of drug-likeness (QED) is 0.796. The summed E-state index contributed by atoms with van der Waals surface area (Å²) in [4.78, 5) is 0. The van der Waals surface area contributed by atoms with Gasteiger partial charge in [-0.05, 0) is 24.7 Å². The van der Waals surface area contributed by atoms with Gasteiger partial charge in [0, 0.05) is 23.3 Å². The first-order chi connectivity index (χ1) is 9.37. The lowest BCUT2D eigenvalue weighted by Crippen LogP contribution is -2.26. The smallest absolute Gasteiger partial charge is 0.148 e. The van der Waals surface area contributed by atoms with Crippen molar-refractivity contribution in [2.75, 3.05) is 31.9 Å². The Hall–Kier alpha value is -0.720. The molecule has 0 aliphatic carbocycles. The number of ether oxygens (including phenoxy) is 1. The molecule has 1 aromatic rings. The first-order valence-electron chi connectivity index (χ1n) is 6.48. The van der Waals surface area contributed by atoms with E-state index in [2.05, 4.69) is 12.2 Å². The highest BCUT2D eigenvalue weighted by Gasteiger charge is 2.18. The summed E-state index contributed by atoms with van der Waals surface area (Å²) in [7, 11) is 0.683. The summed E-state index contributed by atoms with van der Waals surface area (Å²) in [6.07, 6.45) is 1.28. The zero-order valence-corrected chi connectivity index (χ0v) is 14.1. The van der Waals surface area contributed by atoms with Gasteiger partial charge in [0.1, 0.15) is 15.6 Å². The molecule has 0 saturated carbocycles. The predicted octanol–water partition coefficient (Wildman–Crippen LogP) is 2.12. The van der Waals surface area contributed by atoms with Crippen LogP contribution in [0.4, 0.5) is 0 Å². The Morgan fingerprint density at radius 3 is 2.35 bits per heavy atom. The standard InChI is InChI=1S/C14H23NO3S2/c1-11(19-9-10-20(4,16)17)14(15-2)12-5-7-13(18-3)8-6-12/h5-8,11,14-15H,9-10H2,1-4H3. The lowest BCUT2D eigenvalue weighted by atomic mass is 10.0. The molecule has 114 valence electrons. The van der Waals surface area contributed by atoms with Crippen molar-refractivity contribution in [1.29, 1.82) is 0 Å². The monoisotopic (exact) mass is 317 g/mol. The van der Waals surface area contributed by atoms with E-state index < -0.39 is 9.84 Å². The van der Waals surface area contributed by atoms with Crippen LogP contribution >= 0.6 is 11.8 Å². The van der Waals surface area contributed by atoms with Crippen molar-refractivity contribution < 1.29 is 13.2 Å². The first-order valence-corrected chi connectivity index (χ1v) is 9.59. The second-order valence-electron chi connectivity index (χ2n) is 4.75. The van der Waals surface area contributed by atoms with E-state index >= 15 is 0 Å². The summed E-state index contributed by atoms with van der Waals surface area (Å²) in [5, 5.41) is 3.58. The summed E-state index contributed by atoms with van der Waals surface area (Å²) in [6.45, 7) is 2.11. The lowest BCUT2D eigenvalue weighted by molar-refractivity contribution is 0.414. The Morgan fingerprint density at radius 1 is 1.30 bits per heavy atom. The van der Waals surface area contributed by atoms with Crippen molar-refractivity contribution in [3.63, 3.8) is 0 Å². The molecule has 0 saturated heterocycles. The third kappa shape index (κ3) is 5.73. The minimum Gasteiger partial charge on any atom is -0.497 e. The number of nitrogens with one attached hydrogen (secondary N) is 1. The Bertz CT molecular complexity index is 500. The highest BCUT2D eigenvalue weighted by molar-refractivity contribution is 8.01. The molecule has 20 heavy (non-hydrogen) atoms. The number of methoxy groups -OCH3 is 1. The van der Waals surface area contributed by atoms with Crippen molar-refractivity contribution in [3.05, 3.63) is 29.8 Å². The van der Waals surface area contributed by atoms with Crippen LogP contribution in [0.1, 0.15) is 18.5 Å². The summed E-state index contributed by atoms with van der Waals surface area (Å²) in [6, 6.07) is 8.13. The van der Waals surface area contributed by atoms with Crippen molar-refractivity contribution in [2.24, 2.45) is 0 Å². The van der Waals surface area contributed by atoms with E-state index in [4.69, 9.17) is 4.74 Å². The maximum atomic E-state index is 11.1. The van der Waals surface area contributed by atoms with Gasteiger partial charge in [-0.1, -0.05) is 19.1 Å². The topological polar surface area (TPSA) is 55.4 Å². The molecule has 4 nitrogen and oxygen atoms in total. The molecule has 1 N–H and O–H groups in total. The van der Waals surface area contributed by atoms with Gasteiger partial charge in [0.15, 0.2) is 0 Å². The molecule has 6 heteroatoms. The molecule has 2 atom stereocenters. The summed E-state index contributed by atoms with van der Waals surface area (Å²) in [5.74, 6) is 1.68. The molecule has 0 aliphatic heterocycles. The highest BCUT2D eigenvalue weighted by atomic mass is 32.2. The average Bonchev–Trinajstić information content (AvgIpc) is 2.39. The lowest BCUT2D eigenvalue weighted by Gasteiger charge is -2.23. The molecule has 1 rings (SSSR count). The van der Waals surface area contributed by atoms with Gasteiger partial charge in [-0.15, -0.1) is 0 Å². The van der Waals surface area contributed by atoms with Crippen LogP contribution in [0.25, 0.3) is 0 Å². The second kappa shape index (κ2) is 7.90. The fourth-order valence-corrected chi connectivity index (χ4v) is 4.42. The van der Waals surface area contributed by atoms with Crippen LogP contribution in [0, 0.1) is 0 Å². The van der Waals surface area contributed by atoms with Crippen LogP contribution in [0.15, 0.2) is 24.3 Å². The Morgan fingerprint density at radius 2 is 1.90 bits per heavy atom. The van der Waals surface area contributed by atoms with Gasteiger partial charge in [-0.2, -0.15) is 11.8 Å². The van der Waals surface area contributed by atoms with Crippen molar-refractivity contribution in [3.8, 4) is 5.75 Å². The third-order valence-electron chi connectivity index (χ3n) is 3.09. The molecule has 0 heterocycles. The Kier molecular flexibility index (Phi) is 6.85. The molecule has 0 spiro atoms. The number of hydrogen-bond acceptors (Lipinski definition) is 5. The molecular weight excluding hydrogens is 294 g/mol. The van der Waals surface area contributed by atoms with E-state index in [-0.39, 0.29) is 17.0 Å². The van der Waals surface area contributed by atoms with E-state index in [9.17, 15) is 8.42 Å². The normalized spacial score (nSPS) is 14.8. The Labute approximate surface area is 126 Å². The van der Waals surface area contributed by atoms with Crippen LogP contribution in [-0.2, 0) is 9.84 Å². The number of benzene rings is 1. The minimum absolute atomic E-state index is 0.186. The van der Waals surface area contributed by atoms with E-state index in [1.54, 1.807) is 18.9 Å².